The van der Waals surface area contributed by atoms with Crippen molar-refractivity contribution in [2.75, 3.05) is 13.1 Å². The number of likely N-dealkylation sites (tertiary alicyclic amines) is 1. The van der Waals surface area contributed by atoms with Crippen LogP contribution in [0.5, 0.6) is 5.75 Å². The van der Waals surface area contributed by atoms with E-state index in [1.807, 2.05) is 37.3 Å². The number of hydrogen-bond donors (Lipinski definition) is 3. The first-order chi connectivity index (χ1) is 16.9. The van der Waals surface area contributed by atoms with E-state index < -0.39 is 17.9 Å². The summed E-state index contributed by atoms with van der Waals surface area (Å²) in [4.78, 5) is 42.7. The van der Waals surface area contributed by atoms with Crippen LogP contribution in [-0.2, 0) is 16.2 Å². The van der Waals surface area contributed by atoms with Crippen LogP contribution in [0.1, 0.15) is 35.0 Å². The molecule has 35 heavy (non-hydrogen) atoms. The van der Waals surface area contributed by atoms with Crippen LogP contribution < -0.4 is 15.5 Å². The molecule has 4 rings (SSSR count). The molecule has 1 aromatic heterocycles. The summed E-state index contributed by atoms with van der Waals surface area (Å²) in [5, 5.41) is 13.0. The molecular formula is C26H28N4O5. The highest BCUT2D eigenvalue weighted by Crippen LogP contribution is 2.22. The molecule has 1 saturated heterocycles. The largest absolute Gasteiger partial charge is 0.489 e. The van der Waals surface area contributed by atoms with Gasteiger partial charge in [0.25, 0.3) is 5.91 Å². The smallest absolute Gasteiger partial charge is 0.251 e. The van der Waals surface area contributed by atoms with Crippen LogP contribution in [0.4, 0.5) is 0 Å². The summed E-state index contributed by atoms with van der Waals surface area (Å²) >= 11 is 0. The molecule has 9 nitrogen and oxygen atoms in total. The fourth-order valence-corrected chi connectivity index (χ4v) is 4.39. The van der Waals surface area contributed by atoms with E-state index in [1.165, 1.54) is 11.8 Å². The average molecular weight is 477 g/mol. The van der Waals surface area contributed by atoms with E-state index in [-0.39, 0.29) is 18.4 Å². The number of carbonyl (C=O) groups excluding carboxylic acids is 3. The molecule has 0 saturated carbocycles. The number of rotatable bonds is 6. The molecule has 9 heteroatoms. The number of hydrogen-bond acceptors (Lipinski definition) is 6. The number of piperidine rings is 1. The normalized spacial score (nSPS) is 17.6. The lowest BCUT2D eigenvalue weighted by Gasteiger charge is -2.37. The van der Waals surface area contributed by atoms with Gasteiger partial charge in [-0.1, -0.05) is 18.2 Å². The van der Waals surface area contributed by atoms with Crippen molar-refractivity contribution in [1.82, 2.24) is 20.7 Å². The molecular weight excluding hydrogens is 448 g/mol. The summed E-state index contributed by atoms with van der Waals surface area (Å²) in [6.07, 6.45) is 0.407. The molecule has 0 aliphatic carbocycles. The van der Waals surface area contributed by atoms with Crippen molar-refractivity contribution >= 4 is 28.6 Å². The maximum Gasteiger partial charge on any atom is 0.251 e. The van der Waals surface area contributed by atoms with E-state index in [9.17, 15) is 14.4 Å². The minimum Gasteiger partial charge on any atom is -0.489 e. The van der Waals surface area contributed by atoms with E-state index in [4.69, 9.17) is 9.94 Å². The number of hydroxylamine groups is 1. The Balaban J connectivity index is 1.40. The van der Waals surface area contributed by atoms with Crippen LogP contribution in [0.3, 0.4) is 0 Å². The van der Waals surface area contributed by atoms with Crippen molar-refractivity contribution in [3.8, 4) is 5.75 Å². The summed E-state index contributed by atoms with van der Waals surface area (Å²) in [5.41, 5.74) is 4.91. The topological polar surface area (TPSA) is 121 Å². The predicted molar refractivity (Wildman–Crippen MR) is 129 cm³/mol. The second-order valence-corrected chi connectivity index (χ2v) is 8.67. The molecule has 1 aliphatic heterocycles. The maximum atomic E-state index is 12.8. The maximum absolute atomic E-state index is 12.8. The number of aryl methyl sites for hydroxylation is 1. The molecule has 3 N–H and O–H groups in total. The van der Waals surface area contributed by atoms with Gasteiger partial charge in [-0.2, -0.15) is 0 Å². The lowest BCUT2D eigenvalue weighted by atomic mass is 9.91. The molecule has 2 heterocycles. The highest BCUT2D eigenvalue weighted by atomic mass is 16.5. The highest BCUT2D eigenvalue weighted by Gasteiger charge is 2.36. The number of pyridine rings is 1. The molecule has 0 spiro atoms. The number of nitrogens with one attached hydrogen (secondary N) is 2. The van der Waals surface area contributed by atoms with Crippen molar-refractivity contribution in [3.05, 3.63) is 71.4 Å². The number of nitrogens with zero attached hydrogens (tertiary/aromatic N) is 2. The quantitative estimate of drug-likeness (QED) is 0.372. The Bertz CT molecular complexity index is 1240. The third kappa shape index (κ3) is 5.58. The van der Waals surface area contributed by atoms with Gasteiger partial charge in [-0.15, -0.1) is 0 Å². The number of amides is 3. The van der Waals surface area contributed by atoms with Gasteiger partial charge in [-0.05, 0) is 49.7 Å². The van der Waals surface area contributed by atoms with Gasteiger partial charge in [0.1, 0.15) is 12.4 Å². The van der Waals surface area contributed by atoms with E-state index in [1.54, 1.807) is 29.7 Å². The van der Waals surface area contributed by atoms with Crippen molar-refractivity contribution in [3.63, 3.8) is 0 Å². The van der Waals surface area contributed by atoms with Crippen LogP contribution in [0.2, 0.25) is 0 Å². The summed E-state index contributed by atoms with van der Waals surface area (Å²) < 4.78 is 5.96. The number of ether oxygens (including phenoxy) is 1. The Morgan fingerprint density at radius 2 is 1.89 bits per heavy atom. The third-order valence-corrected chi connectivity index (χ3v) is 6.26. The average Bonchev–Trinajstić information content (AvgIpc) is 2.87. The van der Waals surface area contributed by atoms with Crippen LogP contribution in [-0.4, -0.2) is 51.9 Å². The van der Waals surface area contributed by atoms with Gasteiger partial charge in [0.05, 0.1) is 11.4 Å². The van der Waals surface area contributed by atoms with Crippen LogP contribution in [0.15, 0.2) is 54.6 Å². The first-order valence-electron chi connectivity index (χ1n) is 11.4. The van der Waals surface area contributed by atoms with Gasteiger partial charge in [0, 0.05) is 48.3 Å². The number of benzene rings is 2. The molecule has 1 aliphatic rings. The number of fused-ring (bicyclic) bond motifs is 1. The molecule has 0 radical (unpaired) electrons. The van der Waals surface area contributed by atoms with Gasteiger partial charge in [0.2, 0.25) is 11.8 Å². The monoisotopic (exact) mass is 476 g/mol. The van der Waals surface area contributed by atoms with E-state index in [0.717, 1.165) is 22.2 Å². The number of para-hydroxylation sites is 1. The lowest BCUT2D eigenvalue weighted by Crippen LogP contribution is -2.56. The van der Waals surface area contributed by atoms with Crippen LogP contribution >= 0.6 is 0 Å². The SMILES string of the molecule is CC(=O)N1CC[C@@H](NC(=O)c2ccc(OCc3cc(C)nc4ccccc34)cc2)[C@@H](C(=O)NO)C1. The second-order valence-electron chi connectivity index (χ2n) is 8.67. The van der Waals surface area contributed by atoms with Crippen LogP contribution in [0, 0.1) is 12.8 Å². The van der Waals surface area contributed by atoms with Crippen molar-refractivity contribution < 1.29 is 24.3 Å². The zero-order valence-corrected chi connectivity index (χ0v) is 19.7. The molecule has 182 valence electrons. The lowest BCUT2D eigenvalue weighted by molar-refractivity contribution is -0.139. The zero-order chi connectivity index (χ0) is 24.9. The highest BCUT2D eigenvalue weighted by molar-refractivity contribution is 5.95. The Morgan fingerprint density at radius 1 is 1.14 bits per heavy atom. The summed E-state index contributed by atoms with van der Waals surface area (Å²) in [6, 6.07) is 16.2. The summed E-state index contributed by atoms with van der Waals surface area (Å²) in [7, 11) is 0. The molecule has 2 atom stereocenters. The summed E-state index contributed by atoms with van der Waals surface area (Å²) in [6.45, 7) is 4.28. The Hall–Kier alpha value is -3.98. The number of aromatic nitrogens is 1. The molecule has 3 amide bonds. The second kappa shape index (κ2) is 10.5. The summed E-state index contributed by atoms with van der Waals surface area (Å²) in [5.74, 6) is -1.26. The molecule has 0 bridgehead atoms. The van der Waals surface area contributed by atoms with Crippen molar-refractivity contribution in [2.24, 2.45) is 5.92 Å². The van der Waals surface area contributed by atoms with Gasteiger partial charge < -0.3 is 15.0 Å². The Labute approximate surface area is 203 Å². The van der Waals surface area contributed by atoms with Gasteiger partial charge in [0.15, 0.2) is 0 Å². The third-order valence-electron chi connectivity index (χ3n) is 6.26. The minimum atomic E-state index is -0.747. The van der Waals surface area contributed by atoms with E-state index in [2.05, 4.69) is 10.3 Å². The van der Waals surface area contributed by atoms with Crippen molar-refractivity contribution in [1.29, 1.82) is 0 Å². The molecule has 3 aromatic rings. The van der Waals surface area contributed by atoms with Crippen molar-refractivity contribution in [2.45, 2.75) is 32.9 Å². The van der Waals surface area contributed by atoms with Crippen LogP contribution in [0.25, 0.3) is 10.9 Å². The molecule has 0 unspecified atom stereocenters. The predicted octanol–water partition coefficient (Wildman–Crippen LogP) is 2.59. The Kier molecular flexibility index (Phi) is 7.26. The van der Waals surface area contributed by atoms with Gasteiger partial charge in [-0.3, -0.25) is 24.6 Å². The van der Waals surface area contributed by atoms with Gasteiger partial charge in [-0.25, -0.2) is 5.48 Å². The number of carbonyl (C=O) groups is 3. The first-order valence-corrected chi connectivity index (χ1v) is 11.4. The zero-order valence-electron chi connectivity index (χ0n) is 19.7. The standard InChI is InChI=1S/C26H28N4O5/c1-16-13-19(21-5-3-4-6-23(21)27-16)15-35-20-9-7-18(8-10-20)25(32)28-24-11-12-30(17(2)31)14-22(24)26(33)29-34/h3-10,13,22,24,34H,11-12,14-15H2,1-2H3,(H,28,32)(H,29,33)/t22-,24+/m0/s1. The molecule has 1 fully saturated rings. The fourth-order valence-electron chi connectivity index (χ4n) is 4.39. The Morgan fingerprint density at radius 3 is 2.60 bits per heavy atom. The van der Waals surface area contributed by atoms with E-state index >= 15 is 0 Å². The first kappa shape index (κ1) is 24.2. The molecule has 2 aromatic carbocycles. The van der Waals surface area contributed by atoms with E-state index in [0.29, 0.717) is 30.9 Å². The fraction of sp³-hybridized carbons (Fsp3) is 0.308. The van der Waals surface area contributed by atoms with Gasteiger partial charge >= 0.3 is 0 Å². The minimum absolute atomic E-state index is 0.128.